The number of nitrogens with zero attached hydrogens (tertiary/aromatic N) is 1. The van der Waals surface area contributed by atoms with Gasteiger partial charge < -0.3 is 4.74 Å². The summed E-state index contributed by atoms with van der Waals surface area (Å²) in [6.07, 6.45) is 0. The van der Waals surface area contributed by atoms with Crippen LogP contribution in [0.4, 0.5) is 0 Å². The third-order valence-electron chi connectivity index (χ3n) is 3.01. The van der Waals surface area contributed by atoms with Crippen molar-refractivity contribution in [2.75, 3.05) is 19.8 Å². The molecule has 0 aliphatic carbocycles. The van der Waals surface area contributed by atoms with Gasteiger partial charge in [-0.25, -0.2) is 0 Å². The number of rotatable bonds is 2. The Kier molecular flexibility index (Phi) is 3.39. The summed E-state index contributed by atoms with van der Waals surface area (Å²) in [6, 6.07) is 9.34. The molecular weight excluding hydrogens is 186 g/mol. The Bertz CT molecular complexity index is 307. The highest BCUT2D eigenvalue weighted by molar-refractivity contribution is 5.21. The van der Waals surface area contributed by atoms with Crippen LogP contribution >= 0.6 is 0 Å². The third-order valence-corrected chi connectivity index (χ3v) is 3.01. The lowest BCUT2D eigenvalue weighted by Crippen LogP contribution is -2.42. The van der Waals surface area contributed by atoms with Crippen LogP contribution in [-0.4, -0.2) is 30.7 Å². The molecule has 1 heterocycles. The normalized spacial score (nSPS) is 22.9. The van der Waals surface area contributed by atoms with Gasteiger partial charge in [-0.15, -0.1) is 0 Å². The molecule has 1 unspecified atom stereocenters. The number of hydrogen-bond acceptors (Lipinski definition) is 2. The minimum absolute atomic E-state index is 0.542. The van der Waals surface area contributed by atoms with Gasteiger partial charge in [-0.1, -0.05) is 29.8 Å². The summed E-state index contributed by atoms with van der Waals surface area (Å²) in [5.74, 6) is 0. The van der Waals surface area contributed by atoms with E-state index in [-0.39, 0.29) is 0 Å². The summed E-state index contributed by atoms with van der Waals surface area (Å²) in [4.78, 5) is 2.48. The largest absolute Gasteiger partial charge is 0.379 e. The predicted molar refractivity (Wildman–Crippen MR) is 61.9 cm³/mol. The number of hydrogen-bond donors (Lipinski definition) is 0. The number of ether oxygens (including phenoxy) is 1. The van der Waals surface area contributed by atoms with E-state index in [0.717, 1.165) is 26.3 Å². The van der Waals surface area contributed by atoms with Gasteiger partial charge in [-0.2, -0.15) is 0 Å². The van der Waals surface area contributed by atoms with Crippen LogP contribution in [0.25, 0.3) is 0 Å². The molecule has 1 saturated heterocycles. The molecule has 0 aromatic heterocycles. The van der Waals surface area contributed by atoms with Gasteiger partial charge in [-0.3, -0.25) is 4.90 Å². The molecule has 0 bridgehead atoms. The fourth-order valence-corrected chi connectivity index (χ4v) is 1.92. The summed E-state index contributed by atoms with van der Waals surface area (Å²) in [5.41, 5.74) is 2.73. The lowest BCUT2D eigenvalue weighted by molar-refractivity contribution is -0.00436. The first-order chi connectivity index (χ1) is 7.25. The van der Waals surface area contributed by atoms with Crippen LogP contribution in [-0.2, 0) is 11.3 Å². The smallest absolute Gasteiger partial charge is 0.0619 e. The van der Waals surface area contributed by atoms with Crippen LogP contribution in [0.3, 0.4) is 0 Å². The molecule has 1 aliphatic heterocycles. The molecule has 1 aromatic rings. The van der Waals surface area contributed by atoms with Gasteiger partial charge in [0.2, 0.25) is 0 Å². The predicted octanol–water partition coefficient (Wildman–Crippen LogP) is 2.22. The fourth-order valence-electron chi connectivity index (χ4n) is 1.92. The maximum atomic E-state index is 5.43. The van der Waals surface area contributed by atoms with Crippen molar-refractivity contribution in [2.45, 2.75) is 26.4 Å². The van der Waals surface area contributed by atoms with Gasteiger partial charge in [0.05, 0.1) is 13.2 Å². The lowest BCUT2D eigenvalue weighted by atomic mass is 10.1. The van der Waals surface area contributed by atoms with Gasteiger partial charge in [0.25, 0.3) is 0 Å². The zero-order chi connectivity index (χ0) is 10.7. The Balaban J connectivity index is 1.98. The minimum atomic E-state index is 0.542. The highest BCUT2D eigenvalue weighted by Gasteiger charge is 2.18. The SMILES string of the molecule is Cc1ccc(CN2CCOCC2C)cc1. The molecule has 2 nitrogen and oxygen atoms in total. The highest BCUT2D eigenvalue weighted by Crippen LogP contribution is 2.12. The van der Waals surface area contributed by atoms with Crippen molar-refractivity contribution < 1.29 is 4.74 Å². The molecule has 2 heteroatoms. The standard InChI is InChI=1S/C13H19NO/c1-11-3-5-13(6-4-11)9-14-7-8-15-10-12(14)2/h3-6,12H,7-10H2,1-2H3. The second kappa shape index (κ2) is 4.77. The van der Waals surface area contributed by atoms with Crippen LogP contribution in [0, 0.1) is 6.92 Å². The fraction of sp³-hybridized carbons (Fsp3) is 0.538. The van der Waals surface area contributed by atoms with Crippen molar-refractivity contribution >= 4 is 0 Å². The summed E-state index contributed by atoms with van der Waals surface area (Å²) in [5, 5.41) is 0. The zero-order valence-corrected chi connectivity index (χ0v) is 9.57. The monoisotopic (exact) mass is 205 g/mol. The molecule has 1 aliphatic rings. The van der Waals surface area contributed by atoms with Crippen LogP contribution in [0.5, 0.6) is 0 Å². The first-order valence-electron chi connectivity index (χ1n) is 5.63. The van der Waals surface area contributed by atoms with Crippen LogP contribution in [0.2, 0.25) is 0 Å². The Morgan fingerprint density at radius 1 is 1.33 bits per heavy atom. The second-order valence-electron chi connectivity index (χ2n) is 4.38. The molecule has 0 N–H and O–H groups in total. The Morgan fingerprint density at radius 2 is 2.07 bits per heavy atom. The third kappa shape index (κ3) is 2.80. The molecule has 0 amide bonds. The average molecular weight is 205 g/mol. The van der Waals surface area contributed by atoms with E-state index in [0.29, 0.717) is 6.04 Å². The first-order valence-corrected chi connectivity index (χ1v) is 5.63. The topological polar surface area (TPSA) is 12.5 Å². The molecular formula is C13H19NO. The van der Waals surface area contributed by atoms with E-state index in [1.165, 1.54) is 11.1 Å². The number of aryl methyl sites for hydroxylation is 1. The van der Waals surface area contributed by atoms with E-state index < -0.39 is 0 Å². The average Bonchev–Trinajstić information content (AvgIpc) is 2.25. The van der Waals surface area contributed by atoms with Crippen molar-refractivity contribution in [3.63, 3.8) is 0 Å². The van der Waals surface area contributed by atoms with Gasteiger partial charge in [0.15, 0.2) is 0 Å². The minimum Gasteiger partial charge on any atom is -0.379 e. The molecule has 0 saturated carbocycles. The molecule has 1 aromatic carbocycles. The number of benzene rings is 1. The van der Waals surface area contributed by atoms with E-state index >= 15 is 0 Å². The van der Waals surface area contributed by atoms with E-state index in [1.54, 1.807) is 0 Å². The molecule has 0 radical (unpaired) electrons. The Labute approximate surface area is 91.9 Å². The second-order valence-corrected chi connectivity index (χ2v) is 4.38. The van der Waals surface area contributed by atoms with E-state index in [2.05, 4.69) is 43.0 Å². The van der Waals surface area contributed by atoms with Crippen molar-refractivity contribution in [3.05, 3.63) is 35.4 Å². The molecule has 82 valence electrons. The summed E-state index contributed by atoms with van der Waals surface area (Å²) >= 11 is 0. The highest BCUT2D eigenvalue weighted by atomic mass is 16.5. The van der Waals surface area contributed by atoms with Gasteiger partial charge in [0.1, 0.15) is 0 Å². The quantitative estimate of drug-likeness (QED) is 0.734. The van der Waals surface area contributed by atoms with Crippen molar-refractivity contribution in [2.24, 2.45) is 0 Å². The first kappa shape index (κ1) is 10.7. The van der Waals surface area contributed by atoms with Crippen LogP contribution in [0.1, 0.15) is 18.1 Å². The Hall–Kier alpha value is -0.860. The zero-order valence-electron chi connectivity index (χ0n) is 9.57. The molecule has 1 atom stereocenters. The van der Waals surface area contributed by atoms with Crippen LogP contribution < -0.4 is 0 Å². The lowest BCUT2D eigenvalue weighted by Gasteiger charge is -2.33. The van der Waals surface area contributed by atoms with Crippen molar-refractivity contribution in [1.29, 1.82) is 0 Å². The van der Waals surface area contributed by atoms with E-state index in [1.807, 2.05) is 0 Å². The van der Waals surface area contributed by atoms with E-state index in [9.17, 15) is 0 Å². The van der Waals surface area contributed by atoms with E-state index in [4.69, 9.17) is 4.74 Å². The van der Waals surface area contributed by atoms with Crippen LogP contribution in [0.15, 0.2) is 24.3 Å². The van der Waals surface area contributed by atoms with Gasteiger partial charge in [0, 0.05) is 19.1 Å². The molecule has 1 fully saturated rings. The molecule has 0 spiro atoms. The molecule has 15 heavy (non-hydrogen) atoms. The summed E-state index contributed by atoms with van der Waals surface area (Å²) in [7, 11) is 0. The molecule has 2 rings (SSSR count). The number of morpholine rings is 1. The summed E-state index contributed by atoms with van der Waals surface area (Å²) in [6.45, 7) is 8.19. The van der Waals surface area contributed by atoms with Gasteiger partial charge in [-0.05, 0) is 19.4 Å². The summed E-state index contributed by atoms with van der Waals surface area (Å²) < 4.78 is 5.43. The van der Waals surface area contributed by atoms with Crippen molar-refractivity contribution in [3.8, 4) is 0 Å². The van der Waals surface area contributed by atoms with Crippen molar-refractivity contribution in [1.82, 2.24) is 4.90 Å². The van der Waals surface area contributed by atoms with Gasteiger partial charge >= 0.3 is 0 Å². The maximum absolute atomic E-state index is 5.43. The maximum Gasteiger partial charge on any atom is 0.0619 e. The Morgan fingerprint density at radius 3 is 2.73 bits per heavy atom.